The molecule has 3 nitrogen and oxygen atoms in total. The Morgan fingerprint density at radius 2 is 1.68 bits per heavy atom. The Balaban J connectivity index is 1.82. The van der Waals surface area contributed by atoms with Crippen LogP contribution < -0.4 is 14.8 Å². The van der Waals surface area contributed by atoms with Crippen LogP contribution in [-0.4, -0.2) is 12.7 Å². The maximum absolute atomic E-state index is 5.87. The Bertz CT molecular complexity index is 608. The zero-order chi connectivity index (χ0) is 17.9. The molecule has 0 bridgehead atoms. The summed E-state index contributed by atoms with van der Waals surface area (Å²) in [7, 11) is 0. The van der Waals surface area contributed by atoms with E-state index >= 15 is 0 Å². The number of ether oxygens (including phenoxy) is 2. The van der Waals surface area contributed by atoms with Gasteiger partial charge in [0.1, 0.15) is 11.5 Å². The molecule has 0 amide bonds. The van der Waals surface area contributed by atoms with Gasteiger partial charge in [-0.15, -0.1) is 0 Å². The minimum Gasteiger partial charge on any atom is -0.494 e. The number of unbranched alkanes of at least 4 members (excludes halogenated alkanes) is 3. The second kappa shape index (κ2) is 10.7. The van der Waals surface area contributed by atoms with E-state index < -0.39 is 0 Å². The van der Waals surface area contributed by atoms with Crippen LogP contribution >= 0.6 is 0 Å². The van der Waals surface area contributed by atoms with E-state index in [1.807, 2.05) is 44.2 Å². The van der Waals surface area contributed by atoms with Crippen molar-refractivity contribution in [3.05, 3.63) is 54.1 Å². The van der Waals surface area contributed by atoms with Crippen molar-refractivity contribution in [2.45, 2.75) is 59.1 Å². The van der Waals surface area contributed by atoms with Crippen LogP contribution in [0.4, 0.5) is 5.69 Å². The average molecular weight is 341 g/mol. The third-order valence-electron chi connectivity index (χ3n) is 3.94. The average Bonchev–Trinajstić information content (AvgIpc) is 2.61. The van der Waals surface area contributed by atoms with Gasteiger partial charge in [-0.05, 0) is 50.6 Å². The van der Waals surface area contributed by atoms with Gasteiger partial charge in [-0.3, -0.25) is 0 Å². The second-order valence-corrected chi connectivity index (χ2v) is 6.56. The fourth-order valence-electron chi connectivity index (χ4n) is 2.60. The van der Waals surface area contributed by atoms with Gasteiger partial charge in [0.15, 0.2) is 0 Å². The van der Waals surface area contributed by atoms with Crippen molar-refractivity contribution in [2.24, 2.45) is 0 Å². The summed E-state index contributed by atoms with van der Waals surface area (Å²) in [5.74, 6) is 1.88. The molecule has 1 N–H and O–H groups in total. The van der Waals surface area contributed by atoms with Gasteiger partial charge in [0.25, 0.3) is 0 Å². The molecule has 136 valence electrons. The van der Waals surface area contributed by atoms with Gasteiger partial charge in [0, 0.05) is 17.8 Å². The third-order valence-corrected chi connectivity index (χ3v) is 3.94. The summed E-state index contributed by atoms with van der Waals surface area (Å²) in [5, 5.41) is 3.45. The number of para-hydroxylation sites is 1. The van der Waals surface area contributed by atoms with Gasteiger partial charge in [-0.2, -0.15) is 0 Å². The second-order valence-electron chi connectivity index (χ2n) is 6.56. The van der Waals surface area contributed by atoms with E-state index in [1.54, 1.807) is 0 Å². The number of hydrogen-bond donors (Lipinski definition) is 1. The first-order valence-corrected chi connectivity index (χ1v) is 9.40. The van der Waals surface area contributed by atoms with Gasteiger partial charge in [-0.25, -0.2) is 0 Å². The lowest BCUT2D eigenvalue weighted by molar-refractivity contribution is 0.240. The molecular weight excluding hydrogens is 310 g/mol. The first-order chi connectivity index (χ1) is 12.2. The molecule has 2 aromatic carbocycles. The molecule has 0 aliphatic rings. The van der Waals surface area contributed by atoms with E-state index in [0.717, 1.165) is 42.3 Å². The summed E-state index contributed by atoms with van der Waals surface area (Å²) in [5.41, 5.74) is 2.24. The van der Waals surface area contributed by atoms with Crippen LogP contribution in [-0.2, 0) is 6.54 Å². The third kappa shape index (κ3) is 7.08. The Morgan fingerprint density at radius 3 is 2.40 bits per heavy atom. The fraction of sp³-hybridized carbons (Fsp3) is 0.455. The summed E-state index contributed by atoms with van der Waals surface area (Å²) in [4.78, 5) is 0. The van der Waals surface area contributed by atoms with Crippen molar-refractivity contribution in [1.29, 1.82) is 0 Å². The monoisotopic (exact) mass is 341 g/mol. The number of anilines is 1. The van der Waals surface area contributed by atoms with Crippen LogP contribution in [0.2, 0.25) is 0 Å². The van der Waals surface area contributed by atoms with Gasteiger partial charge in [0.05, 0.1) is 12.7 Å². The fourth-order valence-corrected chi connectivity index (χ4v) is 2.60. The lowest BCUT2D eigenvalue weighted by Crippen LogP contribution is -2.09. The van der Waals surface area contributed by atoms with E-state index in [2.05, 4.69) is 30.4 Å². The standard InChI is InChI=1S/C22H31NO2/c1-4-5-6-9-16-24-21-14-12-20(13-15-21)23-17-19-10-7-8-11-22(19)25-18(2)3/h7-8,10-15,18,23H,4-6,9,16-17H2,1-3H3. The molecule has 0 aromatic heterocycles. The van der Waals surface area contributed by atoms with Crippen LogP contribution in [0.3, 0.4) is 0 Å². The van der Waals surface area contributed by atoms with Gasteiger partial charge in [-0.1, -0.05) is 44.4 Å². The molecule has 3 heteroatoms. The van der Waals surface area contributed by atoms with Crippen molar-refractivity contribution in [1.82, 2.24) is 0 Å². The summed E-state index contributed by atoms with van der Waals surface area (Å²) in [6.07, 6.45) is 5.09. The van der Waals surface area contributed by atoms with Crippen LogP contribution in [0.1, 0.15) is 52.0 Å². The van der Waals surface area contributed by atoms with E-state index in [-0.39, 0.29) is 6.10 Å². The van der Waals surface area contributed by atoms with Crippen molar-refractivity contribution in [3.63, 3.8) is 0 Å². The Morgan fingerprint density at radius 1 is 0.920 bits per heavy atom. The SMILES string of the molecule is CCCCCCOc1ccc(NCc2ccccc2OC(C)C)cc1. The Kier molecular flexibility index (Phi) is 8.17. The summed E-state index contributed by atoms with van der Waals surface area (Å²) >= 11 is 0. The molecule has 0 heterocycles. The van der Waals surface area contributed by atoms with E-state index in [0.29, 0.717) is 0 Å². The normalized spacial score (nSPS) is 10.7. The topological polar surface area (TPSA) is 30.5 Å². The van der Waals surface area contributed by atoms with E-state index in [9.17, 15) is 0 Å². The largest absolute Gasteiger partial charge is 0.494 e. The highest BCUT2D eigenvalue weighted by Crippen LogP contribution is 2.22. The molecule has 0 aliphatic carbocycles. The molecule has 2 rings (SSSR count). The van der Waals surface area contributed by atoms with E-state index in [1.165, 1.54) is 19.3 Å². The van der Waals surface area contributed by atoms with Gasteiger partial charge in [0.2, 0.25) is 0 Å². The van der Waals surface area contributed by atoms with Crippen molar-refractivity contribution < 1.29 is 9.47 Å². The number of rotatable bonds is 11. The maximum Gasteiger partial charge on any atom is 0.124 e. The lowest BCUT2D eigenvalue weighted by Gasteiger charge is -2.15. The highest BCUT2D eigenvalue weighted by Gasteiger charge is 2.05. The summed E-state index contributed by atoms with van der Waals surface area (Å²) < 4.78 is 11.7. The highest BCUT2D eigenvalue weighted by molar-refractivity contribution is 5.48. The molecule has 0 aliphatic heterocycles. The van der Waals surface area contributed by atoms with Crippen LogP contribution in [0.5, 0.6) is 11.5 Å². The first-order valence-electron chi connectivity index (χ1n) is 9.40. The molecule has 0 atom stereocenters. The molecular formula is C22H31NO2. The zero-order valence-electron chi connectivity index (χ0n) is 15.8. The predicted octanol–water partition coefficient (Wildman–Crippen LogP) is 6.05. The predicted molar refractivity (Wildman–Crippen MR) is 106 cm³/mol. The van der Waals surface area contributed by atoms with Gasteiger partial charge >= 0.3 is 0 Å². The van der Waals surface area contributed by atoms with Crippen LogP contribution in [0.25, 0.3) is 0 Å². The molecule has 0 saturated heterocycles. The quantitative estimate of drug-likeness (QED) is 0.505. The molecule has 0 spiro atoms. The molecule has 2 aromatic rings. The number of hydrogen-bond acceptors (Lipinski definition) is 3. The van der Waals surface area contributed by atoms with Crippen LogP contribution in [0.15, 0.2) is 48.5 Å². The minimum absolute atomic E-state index is 0.176. The zero-order valence-corrected chi connectivity index (χ0v) is 15.8. The van der Waals surface area contributed by atoms with Crippen molar-refractivity contribution in [3.8, 4) is 11.5 Å². The summed E-state index contributed by atoms with van der Waals surface area (Å²) in [6.45, 7) is 7.85. The molecule has 0 fully saturated rings. The number of nitrogens with one attached hydrogen (secondary N) is 1. The molecule has 25 heavy (non-hydrogen) atoms. The molecule has 0 unspecified atom stereocenters. The highest BCUT2D eigenvalue weighted by atomic mass is 16.5. The van der Waals surface area contributed by atoms with E-state index in [4.69, 9.17) is 9.47 Å². The summed E-state index contributed by atoms with van der Waals surface area (Å²) in [6, 6.07) is 16.3. The smallest absolute Gasteiger partial charge is 0.124 e. The van der Waals surface area contributed by atoms with Crippen LogP contribution in [0, 0.1) is 0 Å². The lowest BCUT2D eigenvalue weighted by atomic mass is 10.2. The first kappa shape index (κ1) is 19.2. The Hall–Kier alpha value is -2.16. The molecule has 0 saturated carbocycles. The Labute approximate surface area is 152 Å². The minimum atomic E-state index is 0.176. The maximum atomic E-state index is 5.87. The van der Waals surface area contributed by atoms with Crippen molar-refractivity contribution >= 4 is 5.69 Å². The number of benzene rings is 2. The van der Waals surface area contributed by atoms with Crippen molar-refractivity contribution in [2.75, 3.05) is 11.9 Å². The van der Waals surface area contributed by atoms with Gasteiger partial charge < -0.3 is 14.8 Å². The molecule has 0 radical (unpaired) electrons.